The van der Waals surface area contributed by atoms with Gasteiger partial charge in [0.15, 0.2) is 0 Å². The summed E-state index contributed by atoms with van der Waals surface area (Å²) >= 11 is 3.13. The second kappa shape index (κ2) is 6.01. The average Bonchev–Trinajstić information content (AvgIpc) is 2.84. The van der Waals surface area contributed by atoms with Gasteiger partial charge < -0.3 is 11.1 Å². The lowest BCUT2D eigenvalue weighted by molar-refractivity contribution is -0.120. The largest absolute Gasteiger partial charge is 0.330 e. The topological polar surface area (TPSA) is 55.1 Å². The Morgan fingerprint density at radius 2 is 2.26 bits per heavy atom. The highest BCUT2D eigenvalue weighted by atomic mass is 79.9. The fourth-order valence-electron chi connectivity index (χ4n) is 2.67. The first-order chi connectivity index (χ1) is 9.02. The van der Waals surface area contributed by atoms with Gasteiger partial charge in [-0.25, -0.2) is 4.39 Å². The third-order valence-electron chi connectivity index (χ3n) is 3.82. The zero-order valence-corrected chi connectivity index (χ0v) is 12.5. The molecule has 0 heterocycles. The molecule has 1 aromatic carbocycles. The lowest BCUT2D eigenvalue weighted by Crippen LogP contribution is -2.30. The Bertz CT molecular complexity index is 493. The van der Waals surface area contributed by atoms with Crippen molar-refractivity contribution in [3.63, 3.8) is 0 Å². The van der Waals surface area contributed by atoms with Crippen LogP contribution >= 0.6 is 15.9 Å². The number of benzene rings is 1. The first-order valence-electron chi connectivity index (χ1n) is 6.49. The van der Waals surface area contributed by atoms with Gasteiger partial charge in [-0.05, 0) is 65.9 Å². The minimum Gasteiger partial charge on any atom is -0.330 e. The molecule has 2 atom stereocenters. The quantitative estimate of drug-likeness (QED) is 0.895. The molecule has 1 fully saturated rings. The average molecular weight is 329 g/mol. The Balaban J connectivity index is 2.13. The summed E-state index contributed by atoms with van der Waals surface area (Å²) in [6.45, 7) is 2.38. The van der Waals surface area contributed by atoms with Crippen LogP contribution in [-0.2, 0) is 4.79 Å². The van der Waals surface area contributed by atoms with Crippen LogP contribution in [-0.4, -0.2) is 12.5 Å². The fraction of sp³-hybridized carbons (Fsp3) is 0.500. The van der Waals surface area contributed by atoms with Crippen molar-refractivity contribution in [2.75, 3.05) is 11.9 Å². The molecule has 1 amide bonds. The molecule has 0 spiro atoms. The molecule has 3 nitrogen and oxygen atoms in total. The summed E-state index contributed by atoms with van der Waals surface area (Å²) in [4.78, 5) is 12.2. The summed E-state index contributed by atoms with van der Waals surface area (Å²) < 4.78 is 13.9. The van der Waals surface area contributed by atoms with Crippen molar-refractivity contribution in [1.29, 1.82) is 0 Å². The van der Waals surface area contributed by atoms with E-state index in [1.54, 1.807) is 6.07 Å². The molecular weight excluding hydrogens is 311 g/mol. The van der Waals surface area contributed by atoms with Crippen LogP contribution < -0.4 is 11.1 Å². The van der Waals surface area contributed by atoms with Crippen molar-refractivity contribution in [3.05, 3.63) is 28.0 Å². The second-order valence-corrected chi connectivity index (χ2v) is 5.96. The van der Waals surface area contributed by atoms with E-state index in [2.05, 4.69) is 21.2 Å². The molecule has 5 heteroatoms. The lowest BCUT2D eigenvalue weighted by Gasteiger charge is -2.18. The van der Waals surface area contributed by atoms with E-state index in [1.807, 2.05) is 6.92 Å². The number of hydrogen-bond acceptors (Lipinski definition) is 2. The van der Waals surface area contributed by atoms with Gasteiger partial charge in [-0.3, -0.25) is 4.79 Å². The van der Waals surface area contributed by atoms with Crippen molar-refractivity contribution in [2.45, 2.75) is 26.2 Å². The Labute approximate surface area is 120 Å². The van der Waals surface area contributed by atoms with Crippen LogP contribution in [0.15, 0.2) is 16.6 Å². The summed E-state index contributed by atoms with van der Waals surface area (Å²) in [5, 5.41) is 2.83. The normalized spacial score (nSPS) is 22.5. The van der Waals surface area contributed by atoms with Crippen LogP contribution in [0.25, 0.3) is 0 Å². The number of anilines is 1. The molecule has 3 N–H and O–H groups in total. The summed E-state index contributed by atoms with van der Waals surface area (Å²) in [6.07, 6.45) is 2.90. The zero-order valence-electron chi connectivity index (χ0n) is 10.9. The fourth-order valence-corrected chi connectivity index (χ4v) is 3.13. The van der Waals surface area contributed by atoms with Gasteiger partial charge in [0.05, 0.1) is 4.47 Å². The Hall–Kier alpha value is -0.940. The van der Waals surface area contributed by atoms with E-state index in [1.165, 1.54) is 6.07 Å². The van der Waals surface area contributed by atoms with E-state index in [9.17, 15) is 9.18 Å². The predicted molar refractivity (Wildman–Crippen MR) is 77.4 cm³/mol. The third kappa shape index (κ3) is 3.15. The van der Waals surface area contributed by atoms with E-state index in [0.29, 0.717) is 16.7 Å². The maximum Gasteiger partial charge on any atom is 0.227 e. The van der Waals surface area contributed by atoms with E-state index in [0.717, 1.165) is 24.8 Å². The monoisotopic (exact) mass is 328 g/mol. The molecule has 2 rings (SSSR count). The van der Waals surface area contributed by atoms with Gasteiger partial charge in [0, 0.05) is 11.6 Å². The SMILES string of the molecule is Cc1cc(Br)c(F)cc1NC(=O)C1CCCC1CN. The second-order valence-electron chi connectivity index (χ2n) is 5.10. The number of carbonyl (C=O) groups excluding carboxylic acids is 1. The van der Waals surface area contributed by atoms with Crippen LogP contribution in [0.1, 0.15) is 24.8 Å². The molecule has 1 saturated carbocycles. The highest BCUT2D eigenvalue weighted by Gasteiger charge is 2.32. The molecule has 0 radical (unpaired) electrons. The van der Waals surface area contributed by atoms with Gasteiger partial charge in [0.25, 0.3) is 0 Å². The molecule has 1 aromatic rings. The van der Waals surface area contributed by atoms with E-state index < -0.39 is 0 Å². The molecule has 19 heavy (non-hydrogen) atoms. The number of nitrogens with one attached hydrogen (secondary N) is 1. The van der Waals surface area contributed by atoms with E-state index in [4.69, 9.17) is 5.73 Å². The number of aryl methyl sites for hydroxylation is 1. The molecule has 1 aliphatic carbocycles. The summed E-state index contributed by atoms with van der Waals surface area (Å²) in [7, 11) is 0. The van der Waals surface area contributed by atoms with Crippen molar-refractivity contribution >= 4 is 27.5 Å². The first-order valence-corrected chi connectivity index (χ1v) is 7.28. The number of hydrogen-bond donors (Lipinski definition) is 2. The molecule has 0 aromatic heterocycles. The van der Waals surface area contributed by atoms with Gasteiger partial charge in [0.2, 0.25) is 5.91 Å². The highest BCUT2D eigenvalue weighted by Crippen LogP contribution is 2.32. The van der Waals surface area contributed by atoms with Gasteiger partial charge in [-0.1, -0.05) is 6.42 Å². The Kier molecular flexibility index (Phi) is 4.58. The predicted octanol–water partition coefficient (Wildman–Crippen LogP) is 3.21. The van der Waals surface area contributed by atoms with E-state index >= 15 is 0 Å². The Morgan fingerprint density at radius 3 is 2.95 bits per heavy atom. The van der Waals surface area contributed by atoms with Crippen LogP contribution in [0.5, 0.6) is 0 Å². The van der Waals surface area contributed by atoms with Crippen molar-refractivity contribution in [2.24, 2.45) is 17.6 Å². The van der Waals surface area contributed by atoms with Gasteiger partial charge >= 0.3 is 0 Å². The van der Waals surface area contributed by atoms with Crippen molar-refractivity contribution in [1.82, 2.24) is 0 Å². The molecule has 104 valence electrons. The minimum atomic E-state index is -0.373. The standard InChI is InChI=1S/C14H18BrFN2O/c1-8-5-11(15)12(16)6-13(8)18-14(19)10-4-2-3-9(10)7-17/h5-6,9-10H,2-4,7,17H2,1H3,(H,18,19). The van der Waals surface area contributed by atoms with Gasteiger partial charge in [-0.2, -0.15) is 0 Å². The number of carbonyl (C=O) groups is 1. The maximum atomic E-state index is 13.5. The lowest BCUT2D eigenvalue weighted by atomic mass is 9.95. The van der Waals surface area contributed by atoms with Gasteiger partial charge in [-0.15, -0.1) is 0 Å². The number of halogens is 2. The number of amides is 1. The molecule has 2 unspecified atom stereocenters. The van der Waals surface area contributed by atoms with Crippen LogP contribution in [0, 0.1) is 24.6 Å². The zero-order chi connectivity index (χ0) is 14.0. The number of nitrogens with two attached hydrogens (primary N) is 1. The summed E-state index contributed by atoms with van der Waals surface area (Å²) in [6, 6.07) is 3.02. The van der Waals surface area contributed by atoms with Crippen LogP contribution in [0.4, 0.5) is 10.1 Å². The molecule has 1 aliphatic rings. The molecule has 0 bridgehead atoms. The van der Waals surface area contributed by atoms with Gasteiger partial charge in [0.1, 0.15) is 5.82 Å². The van der Waals surface area contributed by atoms with E-state index in [-0.39, 0.29) is 23.6 Å². The molecule has 0 aliphatic heterocycles. The van der Waals surface area contributed by atoms with Crippen molar-refractivity contribution < 1.29 is 9.18 Å². The summed E-state index contributed by atoms with van der Waals surface area (Å²) in [5.41, 5.74) is 7.06. The first kappa shape index (κ1) is 14.5. The third-order valence-corrected chi connectivity index (χ3v) is 4.43. The Morgan fingerprint density at radius 1 is 1.53 bits per heavy atom. The summed E-state index contributed by atoms with van der Waals surface area (Å²) in [5.74, 6) is -0.211. The van der Waals surface area contributed by atoms with Crippen molar-refractivity contribution in [3.8, 4) is 0 Å². The highest BCUT2D eigenvalue weighted by molar-refractivity contribution is 9.10. The van der Waals surface area contributed by atoms with Crippen LogP contribution in [0.3, 0.4) is 0 Å². The molecular formula is C14H18BrFN2O. The number of rotatable bonds is 3. The molecule has 0 saturated heterocycles. The smallest absolute Gasteiger partial charge is 0.227 e. The minimum absolute atomic E-state index is 0.0437. The van der Waals surface area contributed by atoms with Crippen LogP contribution in [0.2, 0.25) is 0 Å². The maximum absolute atomic E-state index is 13.5.